The standard InChI is InChI=1S/C18H27NO4/c1-12-6-8-14(9-7-12)11-15(10-13(2)16(20)21)19-17(22)23-18(3,4)5/h6-9,13,15H,10-11H2,1-5H3,(H,19,22)(H,20,21). The summed E-state index contributed by atoms with van der Waals surface area (Å²) < 4.78 is 5.27. The zero-order chi connectivity index (χ0) is 17.6. The normalized spacial score (nSPS) is 14.0. The summed E-state index contributed by atoms with van der Waals surface area (Å²) in [4.78, 5) is 23.1. The minimum absolute atomic E-state index is 0.293. The van der Waals surface area contributed by atoms with Gasteiger partial charge in [0.15, 0.2) is 0 Å². The lowest BCUT2D eigenvalue weighted by Gasteiger charge is -2.24. The Morgan fingerprint density at radius 3 is 2.26 bits per heavy atom. The number of nitrogens with one attached hydrogen (secondary N) is 1. The molecule has 0 aromatic heterocycles. The third-order valence-electron chi connectivity index (χ3n) is 3.38. The van der Waals surface area contributed by atoms with Crippen molar-refractivity contribution >= 4 is 12.1 Å². The summed E-state index contributed by atoms with van der Waals surface area (Å²) in [5, 5.41) is 11.9. The highest BCUT2D eigenvalue weighted by molar-refractivity contribution is 5.70. The number of carboxylic acid groups (broad SMARTS) is 1. The molecule has 0 radical (unpaired) electrons. The molecule has 0 aliphatic rings. The van der Waals surface area contributed by atoms with Crippen LogP contribution in [0.5, 0.6) is 0 Å². The van der Waals surface area contributed by atoms with Gasteiger partial charge < -0.3 is 15.2 Å². The number of benzene rings is 1. The minimum atomic E-state index is -0.870. The molecule has 1 amide bonds. The van der Waals surface area contributed by atoms with Crippen molar-refractivity contribution in [3.8, 4) is 0 Å². The predicted molar refractivity (Wildman–Crippen MR) is 89.5 cm³/mol. The van der Waals surface area contributed by atoms with Crippen LogP contribution in [0.3, 0.4) is 0 Å². The lowest BCUT2D eigenvalue weighted by molar-refractivity contribution is -0.141. The van der Waals surface area contributed by atoms with Crippen LogP contribution in [-0.2, 0) is 16.0 Å². The van der Waals surface area contributed by atoms with Crippen molar-refractivity contribution in [3.05, 3.63) is 35.4 Å². The van der Waals surface area contributed by atoms with Crippen LogP contribution in [0.2, 0.25) is 0 Å². The average Bonchev–Trinajstić information content (AvgIpc) is 2.38. The molecule has 1 aromatic rings. The molecule has 1 aromatic carbocycles. The Morgan fingerprint density at radius 2 is 1.78 bits per heavy atom. The van der Waals surface area contributed by atoms with Crippen molar-refractivity contribution < 1.29 is 19.4 Å². The number of rotatable bonds is 6. The van der Waals surface area contributed by atoms with Gasteiger partial charge in [-0.2, -0.15) is 0 Å². The summed E-state index contributed by atoms with van der Waals surface area (Å²) in [6.07, 6.45) is 0.395. The Balaban J connectivity index is 2.77. The summed E-state index contributed by atoms with van der Waals surface area (Å²) in [6, 6.07) is 7.69. The number of carboxylic acids is 1. The number of ether oxygens (including phenoxy) is 1. The number of amides is 1. The van der Waals surface area contributed by atoms with Gasteiger partial charge in [-0.3, -0.25) is 4.79 Å². The van der Waals surface area contributed by atoms with Crippen LogP contribution in [-0.4, -0.2) is 28.8 Å². The molecular weight excluding hydrogens is 294 g/mol. The Bertz CT molecular complexity index is 531. The number of carbonyl (C=O) groups is 2. The second kappa shape index (κ2) is 7.99. The van der Waals surface area contributed by atoms with Gasteiger partial charge in [-0.15, -0.1) is 0 Å². The molecule has 128 valence electrons. The van der Waals surface area contributed by atoms with Crippen LogP contribution in [0, 0.1) is 12.8 Å². The van der Waals surface area contributed by atoms with E-state index < -0.39 is 23.6 Å². The van der Waals surface area contributed by atoms with E-state index in [1.165, 1.54) is 0 Å². The molecule has 23 heavy (non-hydrogen) atoms. The monoisotopic (exact) mass is 321 g/mol. The summed E-state index contributed by atoms with van der Waals surface area (Å²) in [6.45, 7) is 9.03. The molecule has 5 heteroatoms. The van der Waals surface area contributed by atoms with Crippen LogP contribution in [0.1, 0.15) is 45.2 Å². The smallest absolute Gasteiger partial charge is 0.407 e. The lowest BCUT2D eigenvalue weighted by atomic mass is 9.96. The average molecular weight is 321 g/mol. The number of carbonyl (C=O) groups excluding carboxylic acids is 1. The van der Waals surface area contributed by atoms with E-state index in [9.17, 15) is 9.59 Å². The first-order valence-corrected chi connectivity index (χ1v) is 7.84. The molecule has 0 aliphatic carbocycles. The van der Waals surface area contributed by atoms with Gasteiger partial charge in [0.05, 0.1) is 5.92 Å². The van der Waals surface area contributed by atoms with Gasteiger partial charge in [0.2, 0.25) is 0 Å². The number of aliphatic carboxylic acids is 1. The van der Waals surface area contributed by atoms with Crippen molar-refractivity contribution in [1.82, 2.24) is 5.32 Å². The lowest BCUT2D eigenvalue weighted by Crippen LogP contribution is -2.41. The fourth-order valence-corrected chi connectivity index (χ4v) is 2.20. The van der Waals surface area contributed by atoms with E-state index in [2.05, 4.69) is 5.32 Å². The Kier molecular flexibility index (Phi) is 6.61. The molecule has 0 bridgehead atoms. The molecule has 2 unspecified atom stereocenters. The van der Waals surface area contributed by atoms with Crippen molar-refractivity contribution in [3.63, 3.8) is 0 Å². The maximum absolute atomic E-state index is 12.0. The first kappa shape index (κ1) is 19.0. The third kappa shape index (κ3) is 7.68. The topological polar surface area (TPSA) is 75.6 Å². The van der Waals surface area contributed by atoms with Crippen molar-refractivity contribution in [2.24, 2.45) is 5.92 Å². The van der Waals surface area contributed by atoms with Gasteiger partial charge in [0.25, 0.3) is 0 Å². The molecule has 2 atom stereocenters. The molecule has 1 rings (SSSR count). The highest BCUT2D eigenvalue weighted by Gasteiger charge is 2.23. The van der Waals surface area contributed by atoms with Gasteiger partial charge in [0, 0.05) is 6.04 Å². The Morgan fingerprint density at radius 1 is 1.22 bits per heavy atom. The first-order valence-electron chi connectivity index (χ1n) is 7.84. The summed E-state index contributed by atoms with van der Waals surface area (Å²) in [7, 11) is 0. The maximum Gasteiger partial charge on any atom is 0.407 e. The van der Waals surface area contributed by atoms with Crippen LogP contribution in [0.15, 0.2) is 24.3 Å². The van der Waals surface area contributed by atoms with Crippen LogP contribution in [0.25, 0.3) is 0 Å². The number of alkyl carbamates (subject to hydrolysis) is 1. The Hall–Kier alpha value is -2.04. The second-order valence-corrected chi connectivity index (χ2v) is 7.01. The molecule has 0 spiro atoms. The highest BCUT2D eigenvalue weighted by Crippen LogP contribution is 2.14. The predicted octanol–water partition coefficient (Wildman–Crippen LogP) is 3.54. The zero-order valence-corrected chi connectivity index (χ0v) is 14.6. The van der Waals surface area contributed by atoms with Gasteiger partial charge in [-0.1, -0.05) is 36.8 Å². The third-order valence-corrected chi connectivity index (χ3v) is 3.38. The molecule has 5 nitrogen and oxygen atoms in total. The number of hydrogen-bond acceptors (Lipinski definition) is 3. The number of hydrogen-bond donors (Lipinski definition) is 2. The van der Waals surface area contributed by atoms with Gasteiger partial charge in [-0.05, 0) is 46.1 Å². The molecule has 2 N–H and O–H groups in total. The fourth-order valence-electron chi connectivity index (χ4n) is 2.20. The molecule has 0 saturated carbocycles. The summed E-state index contributed by atoms with van der Waals surface area (Å²) >= 11 is 0. The van der Waals surface area contributed by atoms with Crippen LogP contribution in [0.4, 0.5) is 4.79 Å². The molecular formula is C18H27NO4. The minimum Gasteiger partial charge on any atom is -0.481 e. The van der Waals surface area contributed by atoms with E-state index in [4.69, 9.17) is 9.84 Å². The van der Waals surface area contributed by atoms with E-state index in [-0.39, 0.29) is 6.04 Å². The Labute approximate surface area is 138 Å². The fraction of sp³-hybridized carbons (Fsp3) is 0.556. The first-order chi connectivity index (χ1) is 10.6. The van der Waals surface area contributed by atoms with Crippen LogP contribution < -0.4 is 5.32 Å². The van der Waals surface area contributed by atoms with Crippen LogP contribution >= 0.6 is 0 Å². The molecule has 0 heterocycles. The quantitative estimate of drug-likeness (QED) is 0.840. The highest BCUT2D eigenvalue weighted by atomic mass is 16.6. The van der Waals surface area contributed by atoms with E-state index in [0.29, 0.717) is 12.8 Å². The van der Waals surface area contributed by atoms with Gasteiger partial charge >= 0.3 is 12.1 Å². The van der Waals surface area contributed by atoms with Crippen molar-refractivity contribution in [1.29, 1.82) is 0 Å². The van der Waals surface area contributed by atoms with Crippen molar-refractivity contribution in [2.75, 3.05) is 0 Å². The number of aryl methyl sites for hydroxylation is 1. The summed E-state index contributed by atoms with van der Waals surface area (Å²) in [5.41, 5.74) is 1.62. The molecule has 0 saturated heterocycles. The van der Waals surface area contributed by atoms with E-state index in [1.807, 2.05) is 31.2 Å². The van der Waals surface area contributed by atoms with Gasteiger partial charge in [0.1, 0.15) is 5.60 Å². The van der Waals surface area contributed by atoms with E-state index in [0.717, 1.165) is 11.1 Å². The zero-order valence-electron chi connectivity index (χ0n) is 14.6. The van der Waals surface area contributed by atoms with E-state index >= 15 is 0 Å². The SMILES string of the molecule is Cc1ccc(CC(CC(C)C(=O)O)NC(=O)OC(C)(C)C)cc1. The maximum atomic E-state index is 12.0. The molecule has 0 aliphatic heterocycles. The largest absolute Gasteiger partial charge is 0.481 e. The summed E-state index contributed by atoms with van der Waals surface area (Å²) in [5.74, 6) is -1.41. The van der Waals surface area contributed by atoms with Crippen molar-refractivity contribution in [2.45, 2.75) is 59.1 Å². The van der Waals surface area contributed by atoms with Gasteiger partial charge in [-0.25, -0.2) is 4.79 Å². The molecule has 0 fully saturated rings. The second-order valence-electron chi connectivity index (χ2n) is 7.01. The van der Waals surface area contributed by atoms with E-state index in [1.54, 1.807) is 27.7 Å².